The first kappa shape index (κ1) is 21.8. The van der Waals surface area contributed by atoms with Crippen molar-refractivity contribution in [3.8, 4) is 17.7 Å². The lowest BCUT2D eigenvalue weighted by atomic mass is 10.1. The van der Waals surface area contributed by atoms with Crippen LogP contribution in [0.5, 0.6) is 11.6 Å². The highest BCUT2D eigenvalue weighted by Gasteiger charge is 2.19. The third-order valence-corrected chi connectivity index (χ3v) is 5.17. The minimum absolute atomic E-state index is 0.0178. The van der Waals surface area contributed by atoms with E-state index in [1.807, 2.05) is 62.4 Å². The third kappa shape index (κ3) is 4.64. The van der Waals surface area contributed by atoms with Gasteiger partial charge in [0, 0.05) is 12.1 Å². The zero-order valence-electron chi connectivity index (χ0n) is 18.0. The van der Waals surface area contributed by atoms with Crippen molar-refractivity contribution in [3.05, 3.63) is 80.6 Å². The number of azo groups is 1. The van der Waals surface area contributed by atoms with Crippen LogP contribution in [0.15, 0.2) is 57.5 Å². The molecule has 0 amide bonds. The van der Waals surface area contributed by atoms with E-state index in [0.717, 1.165) is 22.4 Å². The molecule has 0 fully saturated rings. The van der Waals surface area contributed by atoms with Crippen molar-refractivity contribution in [1.29, 1.82) is 5.26 Å². The van der Waals surface area contributed by atoms with E-state index >= 15 is 0 Å². The van der Waals surface area contributed by atoms with Crippen LogP contribution in [0, 0.1) is 32.1 Å². The van der Waals surface area contributed by atoms with Crippen LogP contribution in [0.2, 0.25) is 0 Å². The van der Waals surface area contributed by atoms with Crippen molar-refractivity contribution in [3.63, 3.8) is 0 Å². The minimum Gasteiger partial charge on any atom is -0.497 e. The first-order valence-electron chi connectivity index (χ1n) is 9.84. The quantitative estimate of drug-likeness (QED) is 0.570. The number of nitrogens with zero attached hydrogens (tertiary/aromatic N) is 4. The number of rotatable bonds is 6. The number of methoxy groups -OCH3 is 1. The number of aromatic nitrogens is 1. The number of hydrogen-bond acceptors (Lipinski definition) is 6. The highest BCUT2D eigenvalue weighted by Crippen LogP contribution is 2.28. The largest absolute Gasteiger partial charge is 0.497 e. The Morgan fingerprint density at radius 2 is 1.81 bits per heavy atom. The third-order valence-electron chi connectivity index (χ3n) is 5.17. The standard InChI is InChI=1S/C24H24N4O3/c1-15-5-6-16(2)21(13-15)26-27-22-17(3)20(14-25)23(29)28(24(22)30)12-11-18-7-9-19(31-4)10-8-18/h5-10,13,29H,11-12H2,1-4H3. The van der Waals surface area contributed by atoms with Gasteiger partial charge >= 0.3 is 0 Å². The lowest BCUT2D eigenvalue weighted by Crippen LogP contribution is -2.22. The fourth-order valence-electron chi connectivity index (χ4n) is 3.23. The zero-order chi connectivity index (χ0) is 22.5. The fraction of sp³-hybridized carbons (Fsp3) is 0.250. The van der Waals surface area contributed by atoms with Crippen molar-refractivity contribution >= 4 is 11.4 Å². The maximum atomic E-state index is 13.1. The average Bonchev–Trinajstić information content (AvgIpc) is 2.76. The van der Waals surface area contributed by atoms with Gasteiger partial charge in [-0.1, -0.05) is 24.3 Å². The molecular weight excluding hydrogens is 392 g/mol. The van der Waals surface area contributed by atoms with Crippen molar-refractivity contribution in [2.45, 2.75) is 33.7 Å². The highest BCUT2D eigenvalue weighted by atomic mass is 16.5. The Kier molecular flexibility index (Phi) is 6.51. The zero-order valence-corrected chi connectivity index (χ0v) is 18.0. The van der Waals surface area contributed by atoms with Gasteiger partial charge in [-0.15, -0.1) is 5.11 Å². The normalized spacial score (nSPS) is 10.9. The van der Waals surface area contributed by atoms with Crippen LogP contribution < -0.4 is 10.3 Å². The topological polar surface area (TPSA) is 100.0 Å². The van der Waals surface area contributed by atoms with Crippen LogP contribution in [-0.4, -0.2) is 16.8 Å². The second kappa shape index (κ2) is 9.26. The Morgan fingerprint density at radius 1 is 1.10 bits per heavy atom. The van der Waals surface area contributed by atoms with Gasteiger partial charge < -0.3 is 9.84 Å². The number of aryl methyl sites for hydroxylation is 3. The molecule has 7 heteroatoms. The van der Waals surface area contributed by atoms with E-state index in [1.165, 1.54) is 4.57 Å². The molecule has 1 aromatic heterocycles. The summed E-state index contributed by atoms with van der Waals surface area (Å²) >= 11 is 0. The van der Waals surface area contributed by atoms with Gasteiger partial charge in [0.1, 0.15) is 17.4 Å². The van der Waals surface area contributed by atoms with E-state index in [2.05, 4.69) is 10.2 Å². The van der Waals surface area contributed by atoms with Gasteiger partial charge in [0.15, 0.2) is 5.69 Å². The molecule has 0 aliphatic heterocycles. The number of hydrogen-bond donors (Lipinski definition) is 1. The van der Waals surface area contributed by atoms with Crippen LogP contribution in [0.25, 0.3) is 0 Å². The molecule has 0 aliphatic rings. The average molecular weight is 416 g/mol. The van der Waals surface area contributed by atoms with Gasteiger partial charge in [-0.25, -0.2) is 0 Å². The summed E-state index contributed by atoms with van der Waals surface area (Å²) in [5.41, 5.74) is 3.44. The van der Waals surface area contributed by atoms with E-state index in [-0.39, 0.29) is 23.7 Å². The molecule has 2 aromatic carbocycles. The molecule has 31 heavy (non-hydrogen) atoms. The molecule has 1 heterocycles. The Balaban J connectivity index is 2.00. The summed E-state index contributed by atoms with van der Waals surface area (Å²) in [6.45, 7) is 5.64. The lowest BCUT2D eigenvalue weighted by molar-refractivity contribution is 0.403. The summed E-state index contributed by atoms with van der Waals surface area (Å²) in [5, 5.41) is 28.5. The molecule has 0 unspecified atom stereocenters. The first-order valence-corrected chi connectivity index (χ1v) is 9.84. The predicted molar refractivity (Wildman–Crippen MR) is 119 cm³/mol. The van der Waals surface area contributed by atoms with Gasteiger partial charge in [0.25, 0.3) is 5.56 Å². The highest BCUT2D eigenvalue weighted by molar-refractivity contribution is 5.57. The van der Waals surface area contributed by atoms with Crippen LogP contribution >= 0.6 is 0 Å². The molecule has 7 nitrogen and oxygen atoms in total. The Labute approximate surface area is 180 Å². The number of ether oxygens (including phenoxy) is 1. The van der Waals surface area contributed by atoms with Crippen molar-refractivity contribution < 1.29 is 9.84 Å². The van der Waals surface area contributed by atoms with Gasteiger partial charge in [-0.3, -0.25) is 9.36 Å². The van der Waals surface area contributed by atoms with Crippen LogP contribution in [0.4, 0.5) is 11.4 Å². The van der Waals surface area contributed by atoms with E-state index in [9.17, 15) is 15.2 Å². The van der Waals surface area contributed by atoms with Gasteiger partial charge in [0.05, 0.1) is 12.8 Å². The van der Waals surface area contributed by atoms with Crippen LogP contribution in [-0.2, 0) is 13.0 Å². The summed E-state index contributed by atoms with van der Waals surface area (Å²) in [5.74, 6) is 0.379. The fourth-order valence-corrected chi connectivity index (χ4v) is 3.23. The van der Waals surface area contributed by atoms with Crippen LogP contribution in [0.1, 0.15) is 27.8 Å². The molecule has 158 valence electrons. The molecule has 1 N–H and O–H groups in total. The molecular formula is C24H24N4O3. The van der Waals surface area contributed by atoms with E-state index in [0.29, 0.717) is 17.7 Å². The summed E-state index contributed by atoms with van der Waals surface area (Å²) in [7, 11) is 1.59. The van der Waals surface area contributed by atoms with E-state index < -0.39 is 5.56 Å². The smallest absolute Gasteiger partial charge is 0.281 e. The van der Waals surface area contributed by atoms with Gasteiger partial charge in [-0.05, 0) is 62.1 Å². The second-order valence-electron chi connectivity index (χ2n) is 7.33. The first-order chi connectivity index (χ1) is 14.8. The maximum absolute atomic E-state index is 13.1. The van der Waals surface area contributed by atoms with Crippen molar-refractivity contribution in [2.24, 2.45) is 10.2 Å². The van der Waals surface area contributed by atoms with E-state index in [1.54, 1.807) is 14.0 Å². The Bertz CT molecular complexity index is 1240. The van der Waals surface area contributed by atoms with Crippen molar-refractivity contribution in [2.75, 3.05) is 7.11 Å². The molecule has 0 bridgehead atoms. The van der Waals surface area contributed by atoms with Crippen molar-refractivity contribution in [1.82, 2.24) is 4.57 Å². The van der Waals surface area contributed by atoms with Gasteiger partial charge in [0.2, 0.25) is 5.88 Å². The SMILES string of the molecule is COc1ccc(CCn2c(O)c(C#N)c(C)c(N=Nc3cc(C)ccc3C)c2=O)cc1. The molecule has 0 saturated heterocycles. The lowest BCUT2D eigenvalue weighted by Gasteiger charge is -2.13. The minimum atomic E-state index is -0.489. The molecule has 0 spiro atoms. The Hall–Kier alpha value is -3.92. The van der Waals surface area contributed by atoms with E-state index in [4.69, 9.17) is 4.74 Å². The van der Waals surface area contributed by atoms with Crippen LogP contribution in [0.3, 0.4) is 0 Å². The second-order valence-corrected chi connectivity index (χ2v) is 7.33. The summed E-state index contributed by atoms with van der Waals surface area (Å²) < 4.78 is 6.33. The van der Waals surface area contributed by atoms with Gasteiger partial charge in [-0.2, -0.15) is 10.4 Å². The number of aromatic hydroxyl groups is 1. The summed E-state index contributed by atoms with van der Waals surface area (Å²) in [6, 6.07) is 15.2. The Morgan fingerprint density at radius 3 is 2.45 bits per heavy atom. The number of benzene rings is 2. The molecule has 0 aliphatic carbocycles. The monoisotopic (exact) mass is 416 g/mol. The summed E-state index contributed by atoms with van der Waals surface area (Å²) in [6.07, 6.45) is 0.485. The molecule has 3 rings (SSSR count). The number of nitriles is 1. The summed E-state index contributed by atoms with van der Waals surface area (Å²) in [4.78, 5) is 13.1. The molecule has 0 radical (unpaired) electrons. The predicted octanol–water partition coefficient (Wildman–Crippen LogP) is 5.02. The molecule has 3 aromatic rings. The maximum Gasteiger partial charge on any atom is 0.281 e. The molecule has 0 saturated carbocycles. The number of pyridine rings is 1. The molecule has 0 atom stereocenters.